The van der Waals surface area contributed by atoms with Crippen molar-refractivity contribution in [3.63, 3.8) is 0 Å². The van der Waals surface area contributed by atoms with Crippen LogP contribution in [0.3, 0.4) is 0 Å². The summed E-state index contributed by atoms with van der Waals surface area (Å²) in [5.41, 5.74) is 1.84. The number of thioether (sulfide) groups is 1. The molecular formula is C23H18ClN3O2S. The number of pyridine rings is 1. The van der Waals surface area contributed by atoms with Crippen molar-refractivity contribution >= 4 is 46.3 Å². The highest BCUT2D eigenvalue weighted by atomic mass is 35.5. The second kappa shape index (κ2) is 9.15. The van der Waals surface area contributed by atoms with Crippen molar-refractivity contribution in [3.8, 4) is 5.75 Å². The highest BCUT2D eigenvalue weighted by Gasteiger charge is 2.30. The number of rotatable bonds is 5. The fourth-order valence-electron chi connectivity index (χ4n) is 2.78. The first-order chi connectivity index (χ1) is 14.6. The molecule has 0 atom stereocenters. The van der Waals surface area contributed by atoms with Gasteiger partial charge in [-0.3, -0.25) is 9.69 Å². The number of carbonyl (C=O) groups excluding carboxylic acids is 1. The van der Waals surface area contributed by atoms with Gasteiger partial charge in [-0.05, 0) is 53.7 Å². The van der Waals surface area contributed by atoms with E-state index < -0.39 is 0 Å². The number of nitrogens with zero attached hydrogens (tertiary/aromatic N) is 3. The van der Waals surface area contributed by atoms with Crippen molar-refractivity contribution in [2.24, 2.45) is 4.99 Å². The number of carbonyl (C=O) groups is 1. The molecule has 150 valence electrons. The molecule has 30 heavy (non-hydrogen) atoms. The average Bonchev–Trinajstić information content (AvgIpc) is 3.03. The lowest BCUT2D eigenvalue weighted by atomic mass is 10.2. The average molecular weight is 436 g/mol. The number of benzene rings is 2. The maximum absolute atomic E-state index is 12.7. The molecule has 0 spiro atoms. The second-order valence-corrected chi connectivity index (χ2v) is 7.96. The van der Waals surface area contributed by atoms with Gasteiger partial charge in [0.1, 0.15) is 12.4 Å². The van der Waals surface area contributed by atoms with Gasteiger partial charge in [0.25, 0.3) is 5.91 Å². The molecule has 0 aliphatic carbocycles. The molecule has 1 aliphatic heterocycles. The molecule has 0 N–H and O–H groups in total. The third kappa shape index (κ3) is 4.72. The molecule has 1 saturated heterocycles. The lowest BCUT2D eigenvalue weighted by molar-refractivity contribution is -0.121. The van der Waals surface area contributed by atoms with Gasteiger partial charge in [-0.15, -0.1) is 0 Å². The van der Waals surface area contributed by atoms with Crippen molar-refractivity contribution < 1.29 is 9.53 Å². The van der Waals surface area contributed by atoms with E-state index in [0.29, 0.717) is 33.3 Å². The molecule has 2 aromatic carbocycles. The zero-order chi connectivity index (χ0) is 20.9. The number of aromatic nitrogens is 1. The first kappa shape index (κ1) is 20.2. The number of hydrogen-bond acceptors (Lipinski definition) is 5. The summed E-state index contributed by atoms with van der Waals surface area (Å²) in [6.07, 6.45) is 3.51. The van der Waals surface area contributed by atoms with Crippen LogP contribution in [0.15, 0.2) is 82.8 Å². The standard InChI is InChI=1S/C23H18ClN3O2S/c1-27-22(28)20(30-23(27)26-21-8-4-5-13-25-21)14-17-6-2-3-7-19(17)29-15-16-9-11-18(24)12-10-16/h2-14H,15H2,1H3/b20-14-,26-23+. The Balaban J connectivity index is 1.55. The van der Waals surface area contributed by atoms with Crippen molar-refractivity contribution in [2.75, 3.05) is 7.05 Å². The summed E-state index contributed by atoms with van der Waals surface area (Å²) in [5, 5.41) is 1.28. The Labute approximate surface area is 184 Å². The Bertz CT molecular complexity index is 1110. The van der Waals surface area contributed by atoms with E-state index in [4.69, 9.17) is 16.3 Å². The van der Waals surface area contributed by atoms with Crippen LogP contribution in [0.2, 0.25) is 5.02 Å². The van der Waals surface area contributed by atoms with E-state index in [9.17, 15) is 4.79 Å². The number of halogens is 1. The lowest BCUT2D eigenvalue weighted by Gasteiger charge is -2.10. The van der Waals surface area contributed by atoms with Gasteiger partial charge in [-0.25, -0.2) is 9.98 Å². The summed E-state index contributed by atoms with van der Waals surface area (Å²) in [6.45, 7) is 0.407. The molecule has 2 heterocycles. The highest BCUT2D eigenvalue weighted by molar-refractivity contribution is 8.18. The number of amidine groups is 1. The van der Waals surface area contributed by atoms with Gasteiger partial charge < -0.3 is 4.74 Å². The molecule has 1 aliphatic rings. The minimum absolute atomic E-state index is 0.109. The van der Waals surface area contributed by atoms with E-state index in [2.05, 4.69) is 9.98 Å². The van der Waals surface area contributed by atoms with E-state index in [1.54, 1.807) is 19.3 Å². The van der Waals surface area contributed by atoms with Crippen LogP contribution < -0.4 is 4.74 Å². The number of para-hydroxylation sites is 1. The quantitative estimate of drug-likeness (QED) is 0.493. The Morgan fingerprint density at radius 2 is 1.87 bits per heavy atom. The van der Waals surface area contributed by atoms with Crippen LogP contribution in [0, 0.1) is 0 Å². The molecule has 1 amide bonds. The fourth-order valence-corrected chi connectivity index (χ4v) is 3.88. The van der Waals surface area contributed by atoms with Crippen LogP contribution in [0.5, 0.6) is 5.75 Å². The molecule has 3 aromatic rings. The number of hydrogen-bond donors (Lipinski definition) is 0. The first-order valence-electron chi connectivity index (χ1n) is 9.24. The van der Waals surface area contributed by atoms with Gasteiger partial charge in [0, 0.05) is 23.8 Å². The van der Waals surface area contributed by atoms with Gasteiger partial charge in [-0.2, -0.15) is 0 Å². The Kier molecular flexibility index (Phi) is 6.16. The van der Waals surface area contributed by atoms with E-state index in [0.717, 1.165) is 11.1 Å². The smallest absolute Gasteiger partial charge is 0.266 e. The Morgan fingerprint density at radius 3 is 2.63 bits per heavy atom. The van der Waals surface area contributed by atoms with Gasteiger partial charge in [-0.1, -0.05) is 48.0 Å². The summed E-state index contributed by atoms with van der Waals surface area (Å²) >= 11 is 7.26. The zero-order valence-electron chi connectivity index (χ0n) is 16.2. The van der Waals surface area contributed by atoms with E-state index in [1.165, 1.54) is 16.7 Å². The summed E-state index contributed by atoms with van der Waals surface area (Å²) < 4.78 is 6.00. The van der Waals surface area contributed by atoms with Crippen molar-refractivity contribution in [1.29, 1.82) is 0 Å². The monoisotopic (exact) mass is 435 g/mol. The summed E-state index contributed by atoms with van der Waals surface area (Å²) in [7, 11) is 1.71. The van der Waals surface area contributed by atoms with Gasteiger partial charge >= 0.3 is 0 Å². The molecule has 7 heteroatoms. The normalized spacial score (nSPS) is 16.5. The molecular weight excluding hydrogens is 418 g/mol. The van der Waals surface area contributed by atoms with Crippen molar-refractivity contribution in [1.82, 2.24) is 9.88 Å². The topological polar surface area (TPSA) is 54.8 Å². The predicted molar refractivity (Wildman–Crippen MR) is 122 cm³/mol. The molecule has 5 nitrogen and oxygen atoms in total. The molecule has 0 saturated carbocycles. The molecule has 1 aromatic heterocycles. The Morgan fingerprint density at radius 1 is 1.10 bits per heavy atom. The molecule has 0 bridgehead atoms. The minimum atomic E-state index is -0.109. The zero-order valence-corrected chi connectivity index (χ0v) is 17.7. The number of likely N-dealkylation sites (N-methyl/N-ethyl adjacent to an activating group) is 1. The van der Waals surface area contributed by atoms with Gasteiger partial charge in [0.05, 0.1) is 4.91 Å². The van der Waals surface area contributed by atoms with Gasteiger partial charge in [0.15, 0.2) is 11.0 Å². The lowest BCUT2D eigenvalue weighted by Crippen LogP contribution is -2.23. The fraction of sp³-hybridized carbons (Fsp3) is 0.0870. The largest absolute Gasteiger partial charge is 0.488 e. The maximum atomic E-state index is 12.7. The highest BCUT2D eigenvalue weighted by Crippen LogP contribution is 2.34. The third-order valence-electron chi connectivity index (χ3n) is 4.38. The van der Waals surface area contributed by atoms with E-state index >= 15 is 0 Å². The minimum Gasteiger partial charge on any atom is -0.488 e. The summed E-state index contributed by atoms with van der Waals surface area (Å²) in [4.78, 5) is 23.5. The summed E-state index contributed by atoms with van der Waals surface area (Å²) in [6, 6.07) is 20.6. The number of aliphatic imine (C=N–C) groups is 1. The van der Waals surface area contributed by atoms with Crippen molar-refractivity contribution in [2.45, 2.75) is 6.61 Å². The van der Waals surface area contributed by atoms with E-state index in [-0.39, 0.29) is 5.91 Å². The van der Waals surface area contributed by atoms with Crippen LogP contribution in [0.4, 0.5) is 5.82 Å². The van der Waals surface area contributed by atoms with E-state index in [1.807, 2.05) is 66.7 Å². The number of ether oxygens (including phenoxy) is 1. The first-order valence-corrected chi connectivity index (χ1v) is 10.4. The van der Waals surface area contributed by atoms with Crippen LogP contribution in [0.1, 0.15) is 11.1 Å². The summed E-state index contributed by atoms with van der Waals surface area (Å²) in [5.74, 6) is 1.15. The SMILES string of the molecule is CN1C(=O)/C(=C/c2ccccc2OCc2ccc(Cl)cc2)S/C1=N/c1ccccn1. The molecule has 4 rings (SSSR count). The van der Waals surface area contributed by atoms with Crippen molar-refractivity contribution in [3.05, 3.63) is 94.0 Å². The predicted octanol–water partition coefficient (Wildman–Crippen LogP) is 5.55. The third-order valence-corrected chi connectivity index (χ3v) is 5.69. The maximum Gasteiger partial charge on any atom is 0.266 e. The van der Waals surface area contributed by atoms with Crippen LogP contribution >= 0.6 is 23.4 Å². The molecule has 0 radical (unpaired) electrons. The molecule has 1 fully saturated rings. The van der Waals surface area contributed by atoms with Crippen LogP contribution in [-0.2, 0) is 11.4 Å². The van der Waals surface area contributed by atoms with Crippen LogP contribution in [0.25, 0.3) is 6.08 Å². The Hall–Kier alpha value is -3.09. The van der Waals surface area contributed by atoms with Crippen LogP contribution in [-0.4, -0.2) is 28.0 Å². The number of amides is 1. The second-order valence-electron chi connectivity index (χ2n) is 6.51. The molecule has 0 unspecified atom stereocenters. The van der Waals surface area contributed by atoms with Gasteiger partial charge in [0.2, 0.25) is 0 Å².